The third-order valence-corrected chi connectivity index (χ3v) is 7.66. The maximum Gasteiger partial charge on any atom is 0.247 e. The molecular formula is C21H20Cl2N2O4S. The Kier molecular flexibility index (Phi) is 5.72. The summed E-state index contributed by atoms with van der Waals surface area (Å²) in [5.41, 5.74) is 1.49. The third-order valence-electron chi connectivity index (χ3n) is 5.21. The van der Waals surface area contributed by atoms with E-state index < -0.39 is 16.1 Å². The first-order chi connectivity index (χ1) is 14.4. The van der Waals surface area contributed by atoms with Gasteiger partial charge in [0.15, 0.2) is 0 Å². The summed E-state index contributed by atoms with van der Waals surface area (Å²) < 4.78 is 41.8. The number of sulfonamides is 1. The fourth-order valence-corrected chi connectivity index (χ4v) is 6.03. The molecule has 158 valence electrons. The van der Waals surface area contributed by atoms with Gasteiger partial charge in [0.05, 0.1) is 20.3 Å². The second kappa shape index (κ2) is 8.15. The average Bonchev–Trinajstić information content (AvgIpc) is 3.22. The molecule has 0 amide bonds. The number of hydrogen-bond acceptors (Lipinski definition) is 4. The van der Waals surface area contributed by atoms with Crippen molar-refractivity contribution in [1.82, 2.24) is 8.87 Å². The molecule has 0 N–H and O–H groups in total. The van der Waals surface area contributed by atoms with Gasteiger partial charge < -0.3 is 14.0 Å². The first kappa shape index (κ1) is 21.1. The molecule has 0 fully saturated rings. The minimum Gasteiger partial charge on any atom is -0.497 e. The number of benzene rings is 2. The number of rotatable bonds is 5. The molecule has 6 nitrogen and oxygen atoms in total. The maximum absolute atomic E-state index is 13.8. The van der Waals surface area contributed by atoms with Crippen LogP contribution >= 0.6 is 23.2 Å². The summed E-state index contributed by atoms with van der Waals surface area (Å²) in [6.45, 7) is 0.795. The SMILES string of the molecule is COc1ccc(OC)c(S(=O)(=O)N2CCn3cccc3[C@@H]2c2ccc(Cl)cc2Cl)c1. The molecule has 0 spiro atoms. The van der Waals surface area contributed by atoms with E-state index in [4.69, 9.17) is 32.7 Å². The van der Waals surface area contributed by atoms with Crippen molar-refractivity contribution in [3.05, 3.63) is 76.0 Å². The zero-order valence-corrected chi connectivity index (χ0v) is 18.7. The van der Waals surface area contributed by atoms with Crippen LogP contribution in [0.25, 0.3) is 0 Å². The van der Waals surface area contributed by atoms with Crippen molar-refractivity contribution in [3.8, 4) is 11.5 Å². The lowest BCUT2D eigenvalue weighted by Crippen LogP contribution is -2.42. The summed E-state index contributed by atoms with van der Waals surface area (Å²) in [6.07, 6.45) is 1.93. The first-order valence-corrected chi connectivity index (χ1v) is 11.4. The summed E-state index contributed by atoms with van der Waals surface area (Å²) in [5.74, 6) is 0.675. The van der Waals surface area contributed by atoms with Gasteiger partial charge in [0.25, 0.3) is 0 Å². The van der Waals surface area contributed by atoms with Crippen LogP contribution in [0.5, 0.6) is 11.5 Å². The Bertz CT molecular complexity index is 1190. The van der Waals surface area contributed by atoms with E-state index in [9.17, 15) is 8.42 Å². The lowest BCUT2D eigenvalue weighted by atomic mass is 10.0. The van der Waals surface area contributed by atoms with E-state index in [1.165, 1.54) is 24.6 Å². The number of hydrogen-bond donors (Lipinski definition) is 0. The Balaban J connectivity index is 1.90. The molecule has 1 aliphatic heterocycles. The van der Waals surface area contributed by atoms with Gasteiger partial charge in [-0.1, -0.05) is 29.3 Å². The summed E-state index contributed by atoms with van der Waals surface area (Å²) in [6, 6.07) is 13.0. The second-order valence-corrected chi connectivity index (χ2v) is 9.53. The molecule has 0 aliphatic carbocycles. The summed E-state index contributed by atoms with van der Waals surface area (Å²) >= 11 is 12.6. The van der Waals surface area contributed by atoms with Crippen LogP contribution in [0, 0.1) is 0 Å². The van der Waals surface area contributed by atoms with Crippen molar-refractivity contribution < 1.29 is 17.9 Å². The van der Waals surface area contributed by atoms with Gasteiger partial charge in [-0.2, -0.15) is 4.31 Å². The van der Waals surface area contributed by atoms with Gasteiger partial charge in [0, 0.05) is 41.1 Å². The molecule has 0 saturated heterocycles. The molecule has 3 aromatic rings. The van der Waals surface area contributed by atoms with Crippen molar-refractivity contribution in [2.24, 2.45) is 0 Å². The molecule has 0 saturated carbocycles. The number of methoxy groups -OCH3 is 2. The van der Waals surface area contributed by atoms with E-state index in [2.05, 4.69) is 0 Å². The third kappa shape index (κ3) is 3.56. The van der Waals surface area contributed by atoms with Gasteiger partial charge in [-0.15, -0.1) is 0 Å². The molecule has 1 atom stereocenters. The molecular weight excluding hydrogens is 447 g/mol. The van der Waals surface area contributed by atoms with Gasteiger partial charge in [0.2, 0.25) is 10.0 Å². The van der Waals surface area contributed by atoms with Crippen LogP contribution < -0.4 is 9.47 Å². The lowest BCUT2D eigenvalue weighted by molar-refractivity contribution is 0.296. The van der Waals surface area contributed by atoms with Crippen LogP contribution in [-0.4, -0.2) is 38.1 Å². The largest absolute Gasteiger partial charge is 0.497 e. The number of aromatic nitrogens is 1. The number of halogens is 2. The van der Waals surface area contributed by atoms with Crippen LogP contribution in [0.2, 0.25) is 10.0 Å². The minimum atomic E-state index is -3.96. The van der Waals surface area contributed by atoms with Gasteiger partial charge in [0.1, 0.15) is 16.4 Å². The number of ether oxygens (including phenoxy) is 2. The fraction of sp³-hybridized carbons (Fsp3) is 0.238. The Morgan fingerprint density at radius 2 is 1.80 bits per heavy atom. The zero-order valence-electron chi connectivity index (χ0n) is 16.4. The highest BCUT2D eigenvalue weighted by molar-refractivity contribution is 7.89. The smallest absolute Gasteiger partial charge is 0.247 e. The predicted molar refractivity (Wildman–Crippen MR) is 116 cm³/mol. The quantitative estimate of drug-likeness (QED) is 0.550. The van der Waals surface area contributed by atoms with E-state index in [0.29, 0.717) is 27.9 Å². The lowest BCUT2D eigenvalue weighted by Gasteiger charge is -2.37. The zero-order chi connectivity index (χ0) is 21.5. The fourth-order valence-electron chi connectivity index (χ4n) is 3.77. The Morgan fingerprint density at radius 1 is 1.00 bits per heavy atom. The number of fused-ring (bicyclic) bond motifs is 1. The molecule has 0 bridgehead atoms. The van der Waals surface area contributed by atoms with Gasteiger partial charge in [-0.25, -0.2) is 8.42 Å². The molecule has 0 radical (unpaired) electrons. The van der Waals surface area contributed by atoms with Gasteiger partial charge >= 0.3 is 0 Å². The first-order valence-electron chi connectivity index (χ1n) is 9.20. The molecule has 2 heterocycles. The summed E-state index contributed by atoms with van der Waals surface area (Å²) in [5, 5.41) is 0.888. The van der Waals surface area contributed by atoms with Crippen LogP contribution in [0.3, 0.4) is 0 Å². The summed E-state index contributed by atoms with van der Waals surface area (Å²) in [4.78, 5) is 0.0412. The number of nitrogens with zero attached hydrogens (tertiary/aromatic N) is 2. The van der Waals surface area contributed by atoms with Crippen LogP contribution in [0.1, 0.15) is 17.3 Å². The maximum atomic E-state index is 13.8. The standard InChI is InChI=1S/C21H20Cl2N2O4S/c1-28-15-6-8-19(29-2)20(13-15)30(26,27)25-11-10-24-9-3-4-18(24)21(25)16-7-5-14(22)12-17(16)23/h3-9,12-13,21H,10-11H2,1-2H3/t21-/m0/s1. The molecule has 1 aliphatic rings. The van der Waals surface area contributed by atoms with Crippen molar-refractivity contribution >= 4 is 33.2 Å². The van der Waals surface area contributed by atoms with E-state index in [-0.39, 0.29) is 17.2 Å². The average molecular weight is 467 g/mol. The van der Waals surface area contributed by atoms with Crippen LogP contribution in [0.4, 0.5) is 0 Å². The van der Waals surface area contributed by atoms with Crippen LogP contribution in [-0.2, 0) is 16.6 Å². The Hall–Kier alpha value is -2.19. The molecule has 2 aromatic carbocycles. The minimum absolute atomic E-state index is 0.0412. The molecule has 30 heavy (non-hydrogen) atoms. The molecule has 4 rings (SSSR count). The van der Waals surface area contributed by atoms with Crippen molar-refractivity contribution in [2.75, 3.05) is 20.8 Å². The molecule has 1 aromatic heterocycles. The highest BCUT2D eigenvalue weighted by Gasteiger charge is 2.40. The second-order valence-electron chi connectivity index (χ2n) is 6.83. The normalized spacial score (nSPS) is 16.9. The van der Waals surface area contributed by atoms with Gasteiger partial charge in [-0.3, -0.25) is 0 Å². The van der Waals surface area contributed by atoms with Crippen molar-refractivity contribution in [3.63, 3.8) is 0 Å². The predicted octanol–water partition coefficient (Wildman–Crippen LogP) is 4.61. The Labute approximate surface area is 185 Å². The summed E-state index contributed by atoms with van der Waals surface area (Å²) in [7, 11) is -1.03. The molecule has 0 unspecified atom stereocenters. The van der Waals surface area contributed by atoms with E-state index >= 15 is 0 Å². The van der Waals surface area contributed by atoms with E-state index in [1.807, 2.05) is 22.9 Å². The van der Waals surface area contributed by atoms with Crippen molar-refractivity contribution in [2.45, 2.75) is 17.5 Å². The molecule has 9 heteroatoms. The van der Waals surface area contributed by atoms with Crippen molar-refractivity contribution in [1.29, 1.82) is 0 Å². The monoisotopic (exact) mass is 466 g/mol. The highest BCUT2D eigenvalue weighted by atomic mass is 35.5. The topological polar surface area (TPSA) is 60.8 Å². The van der Waals surface area contributed by atoms with Crippen LogP contribution in [0.15, 0.2) is 59.6 Å². The Morgan fingerprint density at radius 3 is 2.50 bits per heavy atom. The highest BCUT2D eigenvalue weighted by Crippen LogP contribution is 2.41. The van der Waals surface area contributed by atoms with E-state index in [1.54, 1.807) is 30.3 Å². The van der Waals surface area contributed by atoms with E-state index in [0.717, 1.165) is 5.69 Å². The van der Waals surface area contributed by atoms with Gasteiger partial charge in [-0.05, 0) is 42.0 Å².